The van der Waals surface area contributed by atoms with Gasteiger partial charge in [0.05, 0.1) is 0 Å². The van der Waals surface area contributed by atoms with Gasteiger partial charge in [-0.1, -0.05) is 30.3 Å². The molecule has 1 N–H and O–H groups in total. The Labute approximate surface area is 172 Å². The third kappa shape index (κ3) is 3.79. The van der Waals surface area contributed by atoms with E-state index in [2.05, 4.69) is 56.7 Å². The van der Waals surface area contributed by atoms with Crippen LogP contribution in [-0.4, -0.2) is 57.3 Å². The number of thiophene rings is 1. The van der Waals surface area contributed by atoms with Crippen molar-refractivity contribution in [1.82, 2.24) is 25.2 Å². The Morgan fingerprint density at radius 1 is 0.931 bits per heavy atom. The van der Waals surface area contributed by atoms with Crippen LogP contribution >= 0.6 is 11.3 Å². The maximum atomic E-state index is 12.8. The third-order valence-electron chi connectivity index (χ3n) is 5.32. The third-order valence-corrected chi connectivity index (χ3v) is 6.44. The lowest BCUT2D eigenvalue weighted by molar-refractivity contribution is 0.0630. The number of aromatic amines is 1. The van der Waals surface area contributed by atoms with Crippen LogP contribution in [0.15, 0.2) is 60.7 Å². The molecule has 5 rings (SSSR count). The fraction of sp³-hybridized carbons (Fsp3) is 0.227. The number of hydrogen-bond acceptors (Lipinski definition) is 5. The van der Waals surface area contributed by atoms with Crippen molar-refractivity contribution in [3.8, 4) is 10.4 Å². The minimum Gasteiger partial charge on any atom is -0.336 e. The standard InChI is InChI=1S/C22H21N5OS/c28-22(17-6-8-19-20(14-17)24-25-23-19)27-12-10-26(11-13-27)15-18-7-9-21(29-18)16-4-2-1-3-5-16/h1-9,14H,10-13,15H2,(H,23,24,25). The largest absolute Gasteiger partial charge is 0.336 e. The molecule has 0 radical (unpaired) electrons. The monoisotopic (exact) mass is 403 g/mol. The molecule has 1 aliphatic rings. The molecule has 29 heavy (non-hydrogen) atoms. The number of fused-ring (bicyclic) bond motifs is 1. The quantitative estimate of drug-likeness (QED) is 0.565. The number of nitrogens with zero attached hydrogens (tertiary/aromatic N) is 4. The summed E-state index contributed by atoms with van der Waals surface area (Å²) in [6.45, 7) is 4.19. The summed E-state index contributed by atoms with van der Waals surface area (Å²) in [5.74, 6) is 0.0667. The molecule has 0 spiro atoms. The van der Waals surface area contributed by atoms with Crippen LogP contribution in [0.1, 0.15) is 15.2 Å². The van der Waals surface area contributed by atoms with Gasteiger partial charge in [0.25, 0.3) is 5.91 Å². The molecule has 0 bridgehead atoms. The van der Waals surface area contributed by atoms with Crippen LogP contribution < -0.4 is 0 Å². The summed E-state index contributed by atoms with van der Waals surface area (Å²) in [5, 5.41) is 10.7. The van der Waals surface area contributed by atoms with Gasteiger partial charge in [-0.05, 0) is 35.9 Å². The Hall–Kier alpha value is -3.03. The van der Waals surface area contributed by atoms with Gasteiger partial charge < -0.3 is 4.90 Å². The van der Waals surface area contributed by atoms with E-state index < -0.39 is 0 Å². The number of carbonyl (C=O) groups is 1. The molecular weight excluding hydrogens is 382 g/mol. The van der Waals surface area contributed by atoms with Crippen molar-refractivity contribution in [3.05, 3.63) is 71.1 Å². The van der Waals surface area contributed by atoms with E-state index >= 15 is 0 Å². The van der Waals surface area contributed by atoms with Gasteiger partial charge in [0.15, 0.2) is 0 Å². The Morgan fingerprint density at radius 2 is 1.72 bits per heavy atom. The van der Waals surface area contributed by atoms with E-state index in [4.69, 9.17) is 0 Å². The summed E-state index contributed by atoms with van der Waals surface area (Å²) < 4.78 is 0. The van der Waals surface area contributed by atoms with Gasteiger partial charge in [-0.15, -0.1) is 11.3 Å². The highest BCUT2D eigenvalue weighted by molar-refractivity contribution is 7.15. The molecule has 2 aromatic heterocycles. The first-order valence-corrected chi connectivity index (χ1v) is 10.5. The van der Waals surface area contributed by atoms with Crippen LogP contribution in [-0.2, 0) is 6.54 Å². The average molecular weight is 404 g/mol. The first kappa shape index (κ1) is 18.0. The first-order chi connectivity index (χ1) is 14.3. The molecule has 0 atom stereocenters. The predicted octanol–water partition coefficient (Wildman–Crippen LogP) is 3.64. The van der Waals surface area contributed by atoms with E-state index in [0.717, 1.165) is 43.8 Å². The van der Waals surface area contributed by atoms with Crippen molar-refractivity contribution in [2.24, 2.45) is 0 Å². The van der Waals surface area contributed by atoms with E-state index in [1.807, 2.05) is 40.5 Å². The highest BCUT2D eigenvalue weighted by Gasteiger charge is 2.23. The molecule has 0 aliphatic carbocycles. The number of aromatic nitrogens is 3. The maximum Gasteiger partial charge on any atom is 0.254 e. The lowest BCUT2D eigenvalue weighted by atomic mass is 10.1. The van der Waals surface area contributed by atoms with Gasteiger partial charge in [0, 0.05) is 48.0 Å². The molecule has 146 valence electrons. The topological polar surface area (TPSA) is 65.1 Å². The molecule has 7 heteroatoms. The lowest BCUT2D eigenvalue weighted by Gasteiger charge is -2.34. The van der Waals surface area contributed by atoms with Crippen molar-refractivity contribution in [3.63, 3.8) is 0 Å². The van der Waals surface area contributed by atoms with Gasteiger partial charge in [-0.2, -0.15) is 15.4 Å². The second-order valence-electron chi connectivity index (χ2n) is 7.23. The second kappa shape index (κ2) is 7.77. The Kier molecular flexibility index (Phi) is 4.83. The van der Waals surface area contributed by atoms with Crippen LogP contribution in [0.3, 0.4) is 0 Å². The highest BCUT2D eigenvalue weighted by atomic mass is 32.1. The van der Waals surface area contributed by atoms with Crippen molar-refractivity contribution in [2.45, 2.75) is 6.54 Å². The van der Waals surface area contributed by atoms with Gasteiger partial charge in [0.2, 0.25) is 0 Å². The average Bonchev–Trinajstić information content (AvgIpc) is 3.43. The lowest BCUT2D eigenvalue weighted by Crippen LogP contribution is -2.48. The smallest absolute Gasteiger partial charge is 0.254 e. The summed E-state index contributed by atoms with van der Waals surface area (Å²) in [7, 11) is 0. The fourth-order valence-electron chi connectivity index (χ4n) is 3.71. The molecule has 1 amide bonds. The van der Waals surface area contributed by atoms with Gasteiger partial charge >= 0.3 is 0 Å². The second-order valence-corrected chi connectivity index (χ2v) is 8.40. The number of piperazine rings is 1. The van der Waals surface area contributed by atoms with Crippen molar-refractivity contribution < 1.29 is 4.79 Å². The maximum absolute atomic E-state index is 12.8. The first-order valence-electron chi connectivity index (χ1n) is 9.72. The number of carbonyl (C=O) groups excluding carboxylic acids is 1. The van der Waals surface area contributed by atoms with Crippen molar-refractivity contribution in [1.29, 1.82) is 0 Å². The number of benzene rings is 2. The number of rotatable bonds is 4. The summed E-state index contributed by atoms with van der Waals surface area (Å²) in [6.07, 6.45) is 0. The highest BCUT2D eigenvalue weighted by Crippen LogP contribution is 2.28. The van der Waals surface area contributed by atoms with Gasteiger partial charge in [-0.25, -0.2) is 0 Å². The number of amides is 1. The Morgan fingerprint density at radius 3 is 2.55 bits per heavy atom. The zero-order valence-electron chi connectivity index (χ0n) is 15.9. The molecule has 0 saturated carbocycles. The normalized spacial score (nSPS) is 15.1. The number of H-pyrrole nitrogens is 1. The molecule has 1 saturated heterocycles. The van der Waals surface area contributed by atoms with Crippen LogP contribution in [0, 0.1) is 0 Å². The van der Waals surface area contributed by atoms with E-state index in [9.17, 15) is 4.79 Å². The molecule has 1 aliphatic heterocycles. The molecule has 6 nitrogen and oxygen atoms in total. The minimum absolute atomic E-state index is 0.0667. The van der Waals surface area contributed by atoms with Crippen molar-refractivity contribution in [2.75, 3.05) is 26.2 Å². The SMILES string of the molecule is O=C(c1ccc2n[nH]nc2c1)N1CCN(Cc2ccc(-c3ccccc3)s2)CC1. The molecule has 4 aromatic rings. The molecule has 3 heterocycles. The molecular formula is C22H21N5OS. The molecule has 2 aromatic carbocycles. The molecule has 0 unspecified atom stereocenters. The molecule has 1 fully saturated rings. The zero-order chi connectivity index (χ0) is 19.6. The predicted molar refractivity (Wildman–Crippen MR) is 115 cm³/mol. The summed E-state index contributed by atoms with van der Waals surface area (Å²) in [4.78, 5) is 19.9. The minimum atomic E-state index is 0.0667. The Bertz CT molecular complexity index is 1130. The Balaban J connectivity index is 1.19. The van der Waals surface area contributed by atoms with Crippen LogP contribution in [0.4, 0.5) is 0 Å². The van der Waals surface area contributed by atoms with E-state index in [-0.39, 0.29) is 5.91 Å². The number of hydrogen-bond donors (Lipinski definition) is 1. The van der Waals surface area contributed by atoms with Gasteiger partial charge in [-0.3, -0.25) is 9.69 Å². The van der Waals surface area contributed by atoms with Crippen LogP contribution in [0.25, 0.3) is 21.5 Å². The zero-order valence-corrected chi connectivity index (χ0v) is 16.7. The number of nitrogens with one attached hydrogen (secondary N) is 1. The van der Waals surface area contributed by atoms with Gasteiger partial charge in [0.1, 0.15) is 11.0 Å². The van der Waals surface area contributed by atoms with E-state index in [1.54, 1.807) is 0 Å². The van der Waals surface area contributed by atoms with E-state index in [0.29, 0.717) is 5.56 Å². The van der Waals surface area contributed by atoms with Crippen LogP contribution in [0.5, 0.6) is 0 Å². The van der Waals surface area contributed by atoms with Crippen LogP contribution in [0.2, 0.25) is 0 Å². The summed E-state index contributed by atoms with van der Waals surface area (Å²) in [5.41, 5.74) is 3.44. The summed E-state index contributed by atoms with van der Waals surface area (Å²) >= 11 is 1.85. The van der Waals surface area contributed by atoms with E-state index in [1.165, 1.54) is 15.3 Å². The summed E-state index contributed by atoms with van der Waals surface area (Å²) in [6, 6.07) is 20.4. The van der Waals surface area contributed by atoms with Crippen molar-refractivity contribution >= 4 is 28.3 Å². The fourth-order valence-corrected chi connectivity index (χ4v) is 4.76.